The maximum Gasteiger partial charge on any atom is 0.227 e. The summed E-state index contributed by atoms with van der Waals surface area (Å²) < 4.78 is 5.48. The van der Waals surface area contributed by atoms with Gasteiger partial charge in [0.25, 0.3) is 0 Å². The average Bonchev–Trinajstić information content (AvgIpc) is 3.51. The second-order valence-electron chi connectivity index (χ2n) is 8.23. The first kappa shape index (κ1) is 21.9. The lowest BCUT2D eigenvalue weighted by Crippen LogP contribution is -2.32. The number of nitrogens with one attached hydrogen (secondary N) is 1. The van der Waals surface area contributed by atoms with Gasteiger partial charge in [-0.3, -0.25) is 9.59 Å². The Bertz CT molecular complexity index is 1300. The molecule has 1 aliphatic rings. The van der Waals surface area contributed by atoms with Crippen LogP contribution in [0.5, 0.6) is 0 Å². The van der Waals surface area contributed by atoms with E-state index in [4.69, 9.17) is 16.1 Å². The highest BCUT2D eigenvalue weighted by atomic mass is 35.5. The number of rotatable bonds is 6. The van der Waals surface area contributed by atoms with Gasteiger partial charge < -0.3 is 14.7 Å². The van der Waals surface area contributed by atoms with Gasteiger partial charge in [0.15, 0.2) is 5.76 Å². The molecular weight excluding hydrogens is 450 g/mol. The van der Waals surface area contributed by atoms with Gasteiger partial charge in [-0.1, -0.05) is 71.4 Å². The van der Waals surface area contributed by atoms with E-state index < -0.39 is 5.92 Å². The molecule has 34 heavy (non-hydrogen) atoms. The zero-order chi connectivity index (χ0) is 23.5. The molecular formula is C27H22ClN3O3. The number of amides is 2. The molecule has 5 rings (SSSR count). The van der Waals surface area contributed by atoms with E-state index in [0.29, 0.717) is 23.0 Å². The maximum atomic E-state index is 12.7. The number of aromatic nitrogens is 1. The monoisotopic (exact) mass is 471 g/mol. The Labute approximate surface area is 202 Å². The van der Waals surface area contributed by atoms with E-state index >= 15 is 0 Å². The minimum atomic E-state index is -0.417. The summed E-state index contributed by atoms with van der Waals surface area (Å²) in [5.41, 5.74) is 4.54. The third-order valence-corrected chi connectivity index (χ3v) is 6.17. The van der Waals surface area contributed by atoms with Crippen molar-refractivity contribution in [2.75, 3.05) is 11.4 Å². The van der Waals surface area contributed by atoms with Crippen molar-refractivity contribution in [2.45, 2.75) is 13.0 Å². The Balaban J connectivity index is 1.18. The number of anilines is 1. The molecule has 1 unspecified atom stereocenters. The first-order chi connectivity index (χ1) is 16.6. The normalized spacial score (nSPS) is 15.5. The third-order valence-electron chi connectivity index (χ3n) is 5.91. The van der Waals surface area contributed by atoms with Crippen LogP contribution in [0, 0.1) is 5.92 Å². The summed E-state index contributed by atoms with van der Waals surface area (Å²) in [6.45, 7) is 0.570. The predicted octanol–water partition coefficient (Wildman–Crippen LogP) is 5.33. The smallest absolute Gasteiger partial charge is 0.227 e. The Hall–Kier alpha value is -3.90. The third kappa shape index (κ3) is 4.72. The average molecular weight is 472 g/mol. The quantitative estimate of drug-likeness (QED) is 0.412. The molecule has 1 N–H and O–H groups in total. The van der Waals surface area contributed by atoms with Crippen molar-refractivity contribution >= 4 is 29.1 Å². The van der Waals surface area contributed by atoms with Crippen LogP contribution in [0.15, 0.2) is 89.5 Å². The van der Waals surface area contributed by atoms with Crippen LogP contribution in [0.1, 0.15) is 12.1 Å². The fourth-order valence-electron chi connectivity index (χ4n) is 4.06. The van der Waals surface area contributed by atoms with Crippen molar-refractivity contribution in [2.24, 2.45) is 5.92 Å². The van der Waals surface area contributed by atoms with Crippen molar-refractivity contribution in [3.8, 4) is 22.5 Å². The Morgan fingerprint density at radius 3 is 2.38 bits per heavy atom. The van der Waals surface area contributed by atoms with Crippen LogP contribution < -0.4 is 10.2 Å². The summed E-state index contributed by atoms with van der Waals surface area (Å²) in [6.07, 6.45) is 0.173. The van der Waals surface area contributed by atoms with E-state index in [-0.39, 0.29) is 24.8 Å². The molecule has 6 nitrogen and oxygen atoms in total. The van der Waals surface area contributed by atoms with Gasteiger partial charge in [-0.2, -0.15) is 0 Å². The van der Waals surface area contributed by atoms with E-state index in [1.54, 1.807) is 29.2 Å². The standard InChI is InChI=1S/C27H22ClN3O3/c28-22-10-12-24(13-11-22)31-17-21(14-26(31)32)27(33)29-16-23-15-25(34-30-23)20-8-6-19(7-9-20)18-4-2-1-3-5-18/h1-13,15,21H,14,16-17H2,(H,29,33). The van der Waals surface area contributed by atoms with Crippen molar-refractivity contribution < 1.29 is 14.1 Å². The number of hydrogen-bond acceptors (Lipinski definition) is 4. The molecule has 0 bridgehead atoms. The van der Waals surface area contributed by atoms with E-state index in [1.807, 2.05) is 48.5 Å². The van der Waals surface area contributed by atoms with Gasteiger partial charge in [0, 0.05) is 35.3 Å². The topological polar surface area (TPSA) is 75.4 Å². The van der Waals surface area contributed by atoms with Crippen LogP contribution in [-0.2, 0) is 16.1 Å². The highest BCUT2D eigenvalue weighted by Gasteiger charge is 2.35. The first-order valence-corrected chi connectivity index (χ1v) is 11.4. The van der Waals surface area contributed by atoms with Crippen LogP contribution in [0.2, 0.25) is 5.02 Å². The molecule has 4 aromatic rings. The van der Waals surface area contributed by atoms with Gasteiger partial charge in [-0.25, -0.2) is 0 Å². The Kier molecular flexibility index (Phi) is 6.14. The molecule has 7 heteroatoms. The Morgan fingerprint density at radius 1 is 0.971 bits per heavy atom. The molecule has 0 radical (unpaired) electrons. The minimum Gasteiger partial charge on any atom is -0.356 e. The van der Waals surface area contributed by atoms with E-state index in [2.05, 4.69) is 22.6 Å². The lowest BCUT2D eigenvalue weighted by Gasteiger charge is -2.16. The number of benzene rings is 3. The van der Waals surface area contributed by atoms with Gasteiger partial charge in [0.05, 0.1) is 12.5 Å². The lowest BCUT2D eigenvalue weighted by atomic mass is 10.0. The van der Waals surface area contributed by atoms with E-state index in [0.717, 1.165) is 22.4 Å². The van der Waals surface area contributed by atoms with Crippen LogP contribution in [0.3, 0.4) is 0 Å². The molecule has 2 heterocycles. The molecule has 1 aliphatic heterocycles. The van der Waals surface area contributed by atoms with Gasteiger partial charge in [0.2, 0.25) is 11.8 Å². The molecule has 1 fully saturated rings. The zero-order valence-corrected chi connectivity index (χ0v) is 19.0. The van der Waals surface area contributed by atoms with E-state index in [1.165, 1.54) is 0 Å². The summed E-state index contributed by atoms with van der Waals surface area (Å²) >= 11 is 5.93. The number of carbonyl (C=O) groups excluding carboxylic acids is 2. The van der Waals surface area contributed by atoms with Gasteiger partial charge in [-0.05, 0) is 35.4 Å². The van der Waals surface area contributed by atoms with Gasteiger partial charge in [0.1, 0.15) is 5.69 Å². The second-order valence-corrected chi connectivity index (χ2v) is 8.66. The lowest BCUT2D eigenvalue weighted by molar-refractivity contribution is -0.126. The summed E-state index contributed by atoms with van der Waals surface area (Å²) in [6, 6.07) is 27.0. The van der Waals surface area contributed by atoms with Crippen LogP contribution in [0.25, 0.3) is 22.5 Å². The summed E-state index contributed by atoms with van der Waals surface area (Å²) in [7, 11) is 0. The summed E-state index contributed by atoms with van der Waals surface area (Å²) in [4.78, 5) is 26.7. The number of carbonyl (C=O) groups is 2. The molecule has 3 aromatic carbocycles. The van der Waals surface area contributed by atoms with Crippen molar-refractivity contribution in [3.63, 3.8) is 0 Å². The first-order valence-electron chi connectivity index (χ1n) is 11.0. The molecule has 1 atom stereocenters. The van der Waals surface area contributed by atoms with Gasteiger partial charge >= 0.3 is 0 Å². The van der Waals surface area contributed by atoms with Crippen molar-refractivity contribution in [1.82, 2.24) is 10.5 Å². The summed E-state index contributed by atoms with van der Waals surface area (Å²) in [5, 5.41) is 7.56. The zero-order valence-electron chi connectivity index (χ0n) is 18.3. The Morgan fingerprint density at radius 2 is 1.65 bits per heavy atom. The molecule has 1 aromatic heterocycles. The largest absolute Gasteiger partial charge is 0.356 e. The van der Waals surface area contributed by atoms with Gasteiger partial charge in [-0.15, -0.1) is 0 Å². The van der Waals surface area contributed by atoms with Crippen molar-refractivity contribution in [3.05, 3.63) is 95.6 Å². The second kappa shape index (κ2) is 9.53. The fraction of sp³-hybridized carbons (Fsp3) is 0.148. The van der Waals surface area contributed by atoms with Crippen molar-refractivity contribution in [1.29, 1.82) is 0 Å². The fourth-order valence-corrected chi connectivity index (χ4v) is 4.19. The number of nitrogens with zero attached hydrogens (tertiary/aromatic N) is 2. The maximum absolute atomic E-state index is 12.7. The highest BCUT2D eigenvalue weighted by molar-refractivity contribution is 6.30. The van der Waals surface area contributed by atoms with E-state index in [9.17, 15) is 9.59 Å². The predicted molar refractivity (Wildman–Crippen MR) is 131 cm³/mol. The molecule has 170 valence electrons. The highest BCUT2D eigenvalue weighted by Crippen LogP contribution is 2.27. The molecule has 0 spiro atoms. The molecule has 2 amide bonds. The van der Waals surface area contributed by atoms with Crippen LogP contribution in [0.4, 0.5) is 5.69 Å². The minimum absolute atomic E-state index is 0.0786. The molecule has 0 aliphatic carbocycles. The number of hydrogen-bond donors (Lipinski definition) is 1. The molecule has 0 saturated carbocycles. The van der Waals surface area contributed by atoms with Crippen LogP contribution >= 0.6 is 11.6 Å². The van der Waals surface area contributed by atoms with Crippen LogP contribution in [-0.4, -0.2) is 23.5 Å². The molecule has 1 saturated heterocycles. The number of halogens is 1. The SMILES string of the molecule is O=C(NCc1cc(-c2ccc(-c3ccccc3)cc2)on1)C1CC(=O)N(c2ccc(Cl)cc2)C1. The summed E-state index contributed by atoms with van der Waals surface area (Å²) in [5.74, 6) is -0.0411.